The lowest BCUT2D eigenvalue weighted by atomic mass is 9.78. The number of carbonyl (C=O) groups excluding carboxylic acids is 6. The van der Waals surface area contributed by atoms with Crippen molar-refractivity contribution in [2.45, 2.75) is 186 Å². The number of amides is 2. The van der Waals surface area contributed by atoms with Gasteiger partial charge in [0.05, 0.1) is 25.4 Å². The SMILES string of the molecule is COC1C(=O)C(C)CC[C@H](C)/C=C/C=C/C=C(\C)[C@@H](OC)C[C@@H]2CC[C@@H](C)[C@@](O)(O2)C(=O)C(=O)N2CCCC[C@H]2C(=O)O[C@H]([C@H](C)C[C@@H]2CC[C@@H](OC(=O)N(C)OC)[C@H](OC)C2)CC(=O)[C@H](C)/C=C(\C)[C@H]1O. The zero-order valence-electron chi connectivity index (χ0n) is 45.0. The van der Waals surface area contributed by atoms with E-state index in [1.807, 2.05) is 45.1 Å². The normalized spacial score (nSPS) is 37.7. The summed E-state index contributed by atoms with van der Waals surface area (Å²) in [7, 11) is 7.31. The van der Waals surface area contributed by atoms with Gasteiger partial charge in [-0.2, -0.15) is 5.06 Å². The van der Waals surface area contributed by atoms with Crippen molar-refractivity contribution in [3.05, 3.63) is 47.6 Å². The lowest BCUT2D eigenvalue weighted by molar-refractivity contribution is -0.265. The highest BCUT2D eigenvalue weighted by molar-refractivity contribution is 6.39. The monoisotopic (exact) mass is 1010 g/mol. The number of hydroxylamine groups is 2. The molecule has 0 aromatic rings. The predicted molar refractivity (Wildman–Crippen MR) is 269 cm³/mol. The number of allylic oxidation sites excluding steroid dienone is 6. The number of ketones is 3. The summed E-state index contributed by atoms with van der Waals surface area (Å²) in [5.41, 5.74) is 1.26. The maximum absolute atomic E-state index is 14.5. The van der Waals surface area contributed by atoms with Crippen LogP contribution in [0.4, 0.5) is 4.79 Å². The van der Waals surface area contributed by atoms with Crippen molar-refractivity contribution in [3.8, 4) is 0 Å². The molecule has 4 aliphatic rings. The van der Waals surface area contributed by atoms with E-state index in [9.17, 15) is 39.0 Å². The highest BCUT2D eigenvalue weighted by atomic mass is 16.7. The van der Waals surface area contributed by atoms with Crippen LogP contribution in [-0.4, -0.2) is 152 Å². The molecule has 17 nitrogen and oxygen atoms in total. The molecule has 406 valence electrons. The lowest BCUT2D eigenvalue weighted by Crippen LogP contribution is -2.61. The number of aliphatic hydroxyl groups is 2. The van der Waals surface area contributed by atoms with E-state index in [-0.39, 0.29) is 42.8 Å². The Hall–Kier alpha value is -4.10. The number of methoxy groups -OCH3 is 3. The molecule has 17 heteroatoms. The minimum absolute atomic E-state index is 0.0248. The highest BCUT2D eigenvalue weighted by Crippen LogP contribution is 2.38. The Bertz CT molecular complexity index is 1970. The molecule has 0 spiro atoms. The Morgan fingerprint density at radius 1 is 0.861 bits per heavy atom. The summed E-state index contributed by atoms with van der Waals surface area (Å²) in [6.07, 6.45) is 10.9. The topological polar surface area (TPSA) is 214 Å². The van der Waals surface area contributed by atoms with E-state index in [1.54, 1.807) is 41.1 Å². The average Bonchev–Trinajstić information content (AvgIpc) is 3.36. The number of rotatable bonds is 8. The molecule has 2 unspecified atom stereocenters. The van der Waals surface area contributed by atoms with Crippen LogP contribution in [0.15, 0.2) is 47.6 Å². The van der Waals surface area contributed by atoms with Gasteiger partial charge in [0.15, 0.2) is 5.78 Å². The standard InChI is InChI=1S/C55H86N2O15/c1-33-18-14-13-15-19-34(2)45(66-9)31-41-25-23-39(7)55(65,72-41)51(61)52(62)57-27-17-16-20-42(57)53(63)70-46(37(5)29-40-24-26-44(47(30-40)67-10)71-54(64)56(8)69-12)32-43(58)36(4)28-38(6)49(60)50(68-11)48(59)35(3)22-21-33/h13-15,18-19,28,33,35-37,39-42,44-47,49-50,60,65H,16-17,20-27,29-32H2,1-12H3/b15-13+,18-14+,34-19+,38-28+/t33-,35?,36-,37-,39-,40+,41+,42+,44-,45+,46+,47-,49-,50?,55-/m1/s1. The van der Waals surface area contributed by atoms with Gasteiger partial charge in [-0.1, -0.05) is 71.1 Å². The van der Waals surface area contributed by atoms with Gasteiger partial charge in [-0.25, -0.2) is 9.59 Å². The summed E-state index contributed by atoms with van der Waals surface area (Å²) in [6.45, 7) is 12.8. The zero-order chi connectivity index (χ0) is 53.4. The van der Waals surface area contributed by atoms with Crippen LogP contribution in [0.1, 0.15) is 132 Å². The number of carbonyl (C=O) groups is 6. The van der Waals surface area contributed by atoms with Crippen molar-refractivity contribution in [1.82, 2.24) is 9.96 Å². The summed E-state index contributed by atoms with van der Waals surface area (Å²) in [4.78, 5) is 89.9. The molecule has 72 heavy (non-hydrogen) atoms. The number of fused-ring (bicyclic) bond motifs is 3. The van der Waals surface area contributed by atoms with Gasteiger partial charge in [-0.3, -0.25) is 24.0 Å². The van der Waals surface area contributed by atoms with Gasteiger partial charge < -0.3 is 43.5 Å². The maximum Gasteiger partial charge on any atom is 0.434 e. The van der Waals surface area contributed by atoms with Crippen LogP contribution in [0.3, 0.4) is 0 Å². The van der Waals surface area contributed by atoms with E-state index in [2.05, 4.69) is 13.0 Å². The predicted octanol–water partition coefficient (Wildman–Crippen LogP) is 7.21. The van der Waals surface area contributed by atoms with Gasteiger partial charge in [0.1, 0.15) is 36.2 Å². The van der Waals surface area contributed by atoms with Crippen LogP contribution >= 0.6 is 0 Å². The first-order valence-electron chi connectivity index (χ1n) is 26.1. The maximum atomic E-state index is 14.5. The van der Waals surface area contributed by atoms with E-state index in [0.29, 0.717) is 76.2 Å². The Kier molecular flexibility index (Phi) is 24.0. The van der Waals surface area contributed by atoms with E-state index >= 15 is 0 Å². The van der Waals surface area contributed by atoms with Gasteiger partial charge in [-0.15, -0.1) is 0 Å². The molecule has 0 aromatic carbocycles. The molecule has 2 N–H and O–H groups in total. The average molecular weight is 1020 g/mol. The van der Waals surface area contributed by atoms with Crippen LogP contribution in [0.25, 0.3) is 0 Å². The van der Waals surface area contributed by atoms with Gasteiger partial charge in [0.25, 0.3) is 11.7 Å². The number of esters is 1. The fourth-order valence-electron chi connectivity index (χ4n) is 10.5. The first kappa shape index (κ1) is 60.5. The van der Waals surface area contributed by atoms with E-state index in [0.717, 1.165) is 10.6 Å². The number of Topliss-reactive ketones (excluding diaryl/α,β-unsaturated/α-hetero) is 3. The molecule has 0 radical (unpaired) electrons. The number of hydrogen-bond donors (Lipinski definition) is 2. The summed E-state index contributed by atoms with van der Waals surface area (Å²) < 4.78 is 35.4. The largest absolute Gasteiger partial charge is 0.460 e. The van der Waals surface area contributed by atoms with Gasteiger partial charge in [-0.05, 0) is 113 Å². The van der Waals surface area contributed by atoms with Crippen molar-refractivity contribution >= 4 is 35.3 Å². The second-order valence-electron chi connectivity index (χ2n) is 21.0. The zero-order valence-corrected chi connectivity index (χ0v) is 45.0. The Balaban J connectivity index is 1.69. The first-order valence-corrected chi connectivity index (χ1v) is 26.1. The van der Waals surface area contributed by atoms with Crippen LogP contribution < -0.4 is 0 Å². The number of hydrogen-bond acceptors (Lipinski definition) is 15. The molecule has 1 aliphatic carbocycles. The van der Waals surface area contributed by atoms with Gasteiger partial charge in [0, 0.05) is 65.5 Å². The molecule has 2 amide bonds. The Labute approximate surface area is 427 Å². The van der Waals surface area contributed by atoms with E-state index < -0.39 is 102 Å². The Morgan fingerprint density at radius 3 is 2.25 bits per heavy atom. The van der Waals surface area contributed by atoms with Gasteiger partial charge in [0.2, 0.25) is 5.79 Å². The summed E-state index contributed by atoms with van der Waals surface area (Å²) in [6, 6.07) is -1.18. The number of cyclic esters (lactones) is 1. The molecule has 15 atom stereocenters. The van der Waals surface area contributed by atoms with Crippen molar-refractivity contribution in [1.29, 1.82) is 0 Å². The fraction of sp³-hybridized carbons (Fsp3) is 0.745. The van der Waals surface area contributed by atoms with E-state index in [1.165, 1.54) is 26.2 Å². The van der Waals surface area contributed by atoms with Gasteiger partial charge >= 0.3 is 12.1 Å². The lowest BCUT2D eigenvalue weighted by Gasteiger charge is -2.42. The molecule has 1 saturated carbocycles. The Morgan fingerprint density at radius 2 is 1.58 bits per heavy atom. The van der Waals surface area contributed by atoms with Crippen LogP contribution in [0.2, 0.25) is 0 Å². The third-order valence-electron chi connectivity index (χ3n) is 15.6. The molecule has 2 saturated heterocycles. The second-order valence-corrected chi connectivity index (χ2v) is 21.0. The van der Waals surface area contributed by atoms with E-state index in [4.69, 9.17) is 33.3 Å². The molecule has 3 fully saturated rings. The van der Waals surface area contributed by atoms with Crippen molar-refractivity contribution in [3.63, 3.8) is 0 Å². The second kappa shape index (κ2) is 28.5. The fourth-order valence-corrected chi connectivity index (χ4v) is 10.5. The molecule has 2 bridgehead atoms. The van der Waals surface area contributed by atoms with Crippen molar-refractivity contribution < 1.29 is 72.2 Å². The van der Waals surface area contributed by atoms with Crippen molar-refractivity contribution in [2.75, 3.05) is 42.0 Å². The highest BCUT2D eigenvalue weighted by Gasteiger charge is 2.53. The minimum Gasteiger partial charge on any atom is -0.460 e. The minimum atomic E-state index is -2.45. The number of aliphatic hydroxyl groups excluding tert-OH is 1. The quantitative estimate of drug-likeness (QED) is 0.106. The van der Waals surface area contributed by atoms with Crippen LogP contribution in [-0.2, 0) is 57.2 Å². The molecule has 3 aliphatic heterocycles. The number of ether oxygens (including phenoxy) is 6. The molecular weight excluding hydrogens is 929 g/mol. The third kappa shape index (κ3) is 16.2. The number of piperidine rings is 1. The summed E-state index contributed by atoms with van der Waals surface area (Å²) in [5, 5.41) is 24.5. The first-order chi connectivity index (χ1) is 34.1. The van der Waals surface area contributed by atoms with Crippen molar-refractivity contribution in [2.24, 2.45) is 35.5 Å². The summed E-state index contributed by atoms with van der Waals surface area (Å²) >= 11 is 0. The smallest absolute Gasteiger partial charge is 0.434 e. The van der Waals surface area contributed by atoms with Crippen LogP contribution in [0, 0.1) is 35.5 Å². The molecular formula is C55H86N2O15. The summed E-state index contributed by atoms with van der Waals surface area (Å²) in [5.74, 6) is -8.12. The third-order valence-corrected chi connectivity index (χ3v) is 15.6. The van der Waals surface area contributed by atoms with Crippen LogP contribution in [0.5, 0.6) is 0 Å². The number of nitrogens with zero attached hydrogens (tertiary/aromatic N) is 2. The molecule has 3 heterocycles. The molecule has 4 rings (SSSR count). The molecule has 0 aromatic heterocycles.